The van der Waals surface area contributed by atoms with Gasteiger partial charge >= 0.3 is 5.97 Å². The highest BCUT2D eigenvalue weighted by atomic mass is 16.5. The van der Waals surface area contributed by atoms with E-state index in [9.17, 15) is 4.79 Å². The summed E-state index contributed by atoms with van der Waals surface area (Å²) in [4.78, 5) is 15.3. The first-order valence-corrected chi connectivity index (χ1v) is 8.09. The van der Waals surface area contributed by atoms with E-state index in [0.29, 0.717) is 12.4 Å². The Morgan fingerprint density at radius 3 is 2.68 bits per heavy atom. The molecule has 2 unspecified atom stereocenters. The highest BCUT2D eigenvalue weighted by Crippen LogP contribution is 2.20. The van der Waals surface area contributed by atoms with Crippen molar-refractivity contribution in [2.45, 2.75) is 25.6 Å². The molecule has 4 rings (SSSR count). The van der Waals surface area contributed by atoms with E-state index in [1.165, 1.54) is 0 Å². The van der Waals surface area contributed by atoms with Crippen LogP contribution < -0.4 is 0 Å². The molecule has 0 amide bonds. The number of hydrogen-bond acceptors (Lipinski definition) is 4. The molecule has 1 aliphatic heterocycles. The van der Waals surface area contributed by atoms with Gasteiger partial charge in [0.25, 0.3) is 0 Å². The summed E-state index contributed by atoms with van der Waals surface area (Å²) >= 11 is 0. The van der Waals surface area contributed by atoms with E-state index in [0.717, 1.165) is 22.0 Å². The predicted molar refractivity (Wildman–Crippen MR) is 93.8 cm³/mol. The summed E-state index contributed by atoms with van der Waals surface area (Å²) in [6, 6.07) is 15.0. The SMILES string of the molecule is CC1OC(c2ccc(Cn3ncc4ccccc43)cc2)=NC1C(=O)O. The molecule has 1 N–H and O–H groups in total. The minimum absolute atomic E-state index is 0.385. The zero-order chi connectivity index (χ0) is 17.4. The van der Waals surface area contributed by atoms with Gasteiger partial charge in [0.1, 0.15) is 6.10 Å². The number of ether oxygens (including phenoxy) is 1. The molecule has 0 bridgehead atoms. The summed E-state index contributed by atoms with van der Waals surface area (Å²) in [6.45, 7) is 2.38. The average Bonchev–Trinajstić information content (AvgIpc) is 3.20. The smallest absolute Gasteiger partial charge is 0.332 e. The third kappa shape index (κ3) is 2.87. The molecular weight excluding hydrogens is 318 g/mol. The number of benzene rings is 2. The molecule has 0 spiro atoms. The first-order chi connectivity index (χ1) is 12.1. The van der Waals surface area contributed by atoms with E-state index >= 15 is 0 Å². The Kier molecular flexibility index (Phi) is 3.72. The number of carboxylic acid groups (broad SMARTS) is 1. The van der Waals surface area contributed by atoms with Crippen LogP contribution in [-0.4, -0.2) is 38.9 Å². The standard InChI is InChI=1S/C19H17N3O3/c1-12-17(19(23)24)21-18(25-12)14-8-6-13(7-9-14)11-22-16-5-3-2-4-15(16)10-20-22/h2-10,12,17H,11H2,1H3,(H,23,24). The van der Waals surface area contributed by atoms with Crippen LogP contribution in [0.4, 0.5) is 0 Å². The Morgan fingerprint density at radius 2 is 1.96 bits per heavy atom. The molecule has 2 aromatic carbocycles. The van der Waals surface area contributed by atoms with Crippen LogP contribution in [0, 0.1) is 0 Å². The van der Waals surface area contributed by atoms with Crippen molar-refractivity contribution in [3.8, 4) is 0 Å². The predicted octanol–water partition coefficient (Wildman–Crippen LogP) is 2.70. The maximum absolute atomic E-state index is 11.1. The number of nitrogens with zero attached hydrogens (tertiary/aromatic N) is 3. The number of rotatable bonds is 4. The second-order valence-corrected chi connectivity index (χ2v) is 6.10. The van der Waals surface area contributed by atoms with E-state index in [1.54, 1.807) is 6.92 Å². The minimum Gasteiger partial charge on any atom is -0.480 e. The molecule has 2 atom stereocenters. The molecule has 0 aliphatic carbocycles. The lowest BCUT2D eigenvalue weighted by molar-refractivity contribution is -0.139. The van der Waals surface area contributed by atoms with Gasteiger partial charge < -0.3 is 9.84 Å². The number of para-hydroxylation sites is 1. The van der Waals surface area contributed by atoms with Crippen LogP contribution in [0.25, 0.3) is 10.9 Å². The topological polar surface area (TPSA) is 76.7 Å². The molecule has 25 heavy (non-hydrogen) atoms. The molecule has 3 aromatic rings. The summed E-state index contributed by atoms with van der Waals surface area (Å²) in [7, 11) is 0. The van der Waals surface area contributed by atoms with Crippen molar-refractivity contribution in [2.24, 2.45) is 4.99 Å². The van der Waals surface area contributed by atoms with Gasteiger partial charge in [-0.15, -0.1) is 0 Å². The van der Waals surface area contributed by atoms with Gasteiger partial charge in [0, 0.05) is 10.9 Å². The lowest BCUT2D eigenvalue weighted by Crippen LogP contribution is -2.27. The fraction of sp³-hybridized carbons (Fsp3) is 0.211. The van der Waals surface area contributed by atoms with Gasteiger partial charge in [-0.2, -0.15) is 5.10 Å². The average molecular weight is 335 g/mol. The molecule has 1 aromatic heterocycles. The van der Waals surface area contributed by atoms with Crippen molar-refractivity contribution in [3.63, 3.8) is 0 Å². The van der Waals surface area contributed by atoms with Crippen LogP contribution in [0.3, 0.4) is 0 Å². The first-order valence-electron chi connectivity index (χ1n) is 8.09. The molecule has 1 aliphatic rings. The van der Waals surface area contributed by atoms with E-state index in [1.807, 2.05) is 59.4 Å². The number of hydrogen-bond donors (Lipinski definition) is 1. The van der Waals surface area contributed by atoms with E-state index in [4.69, 9.17) is 9.84 Å². The summed E-state index contributed by atoms with van der Waals surface area (Å²) in [6.07, 6.45) is 1.40. The highest BCUT2D eigenvalue weighted by Gasteiger charge is 2.33. The molecule has 2 heterocycles. The molecule has 0 radical (unpaired) electrons. The van der Waals surface area contributed by atoms with Crippen molar-refractivity contribution in [3.05, 3.63) is 65.9 Å². The van der Waals surface area contributed by atoms with Gasteiger partial charge in [-0.1, -0.05) is 30.3 Å². The third-order valence-corrected chi connectivity index (χ3v) is 4.34. The molecule has 0 fully saturated rings. The quantitative estimate of drug-likeness (QED) is 0.795. The Labute approximate surface area is 144 Å². The van der Waals surface area contributed by atoms with Crippen LogP contribution in [0.5, 0.6) is 0 Å². The van der Waals surface area contributed by atoms with E-state index in [2.05, 4.69) is 10.1 Å². The number of carboxylic acids is 1. The zero-order valence-corrected chi connectivity index (χ0v) is 13.7. The van der Waals surface area contributed by atoms with Crippen LogP contribution in [-0.2, 0) is 16.1 Å². The third-order valence-electron chi connectivity index (χ3n) is 4.34. The molecule has 126 valence electrons. The monoisotopic (exact) mass is 335 g/mol. The summed E-state index contributed by atoms with van der Waals surface area (Å²) in [5, 5.41) is 14.7. The van der Waals surface area contributed by atoms with Gasteiger partial charge in [-0.25, -0.2) is 9.79 Å². The van der Waals surface area contributed by atoms with Crippen LogP contribution in [0.2, 0.25) is 0 Å². The summed E-state index contributed by atoms with van der Waals surface area (Å²) in [5.74, 6) is -0.583. The number of fused-ring (bicyclic) bond motifs is 1. The normalized spacial score (nSPS) is 19.6. The molecule has 0 saturated heterocycles. The van der Waals surface area contributed by atoms with Crippen molar-refractivity contribution in [1.29, 1.82) is 0 Å². The van der Waals surface area contributed by atoms with E-state index in [-0.39, 0.29) is 0 Å². The number of aliphatic carboxylic acids is 1. The molecular formula is C19H17N3O3. The van der Waals surface area contributed by atoms with Gasteiger partial charge in [-0.3, -0.25) is 4.68 Å². The van der Waals surface area contributed by atoms with Crippen molar-refractivity contribution >= 4 is 22.8 Å². The van der Waals surface area contributed by atoms with Gasteiger partial charge in [0.2, 0.25) is 5.90 Å². The Bertz CT molecular complexity index is 959. The number of aliphatic imine (C=N–C) groups is 1. The molecule has 6 heteroatoms. The van der Waals surface area contributed by atoms with Crippen LogP contribution >= 0.6 is 0 Å². The van der Waals surface area contributed by atoms with Gasteiger partial charge in [-0.05, 0) is 30.7 Å². The fourth-order valence-electron chi connectivity index (χ4n) is 2.98. The lowest BCUT2D eigenvalue weighted by Gasteiger charge is -2.09. The Morgan fingerprint density at radius 1 is 1.20 bits per heavy atom. The second-order valence-electron chi connectivity index (χ2n) is 6.10. The van der Waals surface area contributed by atoms with Crippen LogP contribution in [0.15, 0.2) is 59.7 Å². The largest absolute Gasteiger partial charge is 0.480 e. The first kappa shape index (κ1) is 15.4. The summed E-state index contributed by atoms with van der Waals surface area (Å²) in [5.41, 5.74) is 2.97. The fourth-order valence-corrected chi connectivity index (χ4v) is 2.98. The molecule has 6 nitrogen and oxygen atoms in total. The Balaban J connectivity index is 1.55. The molecule has 0 saturated carbocycles. The zero-order valence-electron chi connectivity index (χ0n) is 13.7. The minimum atomic E-state index is -0.968. The number of aromatic nitrogens is 2. The maximum atomic E-state index is 11.1. The Hall–Kier alpha value is -3.15. The van der Waals surface area contributed by atoms with Crippen LogP contribution in [0.1, 0.15) is 18.1 Å². The maximum Gasteiger partial charge on any atom is 0.332 e. The lowest BCUT2D eigenvalue weighted by atomic mass is 10.1. The van der Waals surface area contributed by atoms with Crippen molar-refractivity contribution in [2.75, 3.05) is 0 Å². The van der Waals surface area contributed by atoms with Crippen molar-refractivity contribution in [1.82, 2.24) is 9.78 Å². The number of carbonyl (C=O) groups is 1. The summed E-state index contributed by atoms with van der Waals surface area (Å²) < 4.78 is 7.53. The van der Waals surface area contributed by atoms with Gasteiger partial charge in [0.05, 0.1) is 18.3 Å². The van der Waals surface area contributed by atoms with E-state index < -0.39 is 18.1 Å². The van der Waals surface area contributed by atoms with Crippen molar-refractivity contribution < 1.29 is 14.6 Å². The van der Waals surface area contributed by atoms with Gasteiger partial charge in [0.15, 0.2) is 6.04 Å². The highest BCUT2D eigenvalue weighted by molar-refractivity contribution is 5.97. The second kappa shape index (κ2) is 6.05.